The number of nitrogens with one attached hydrogen (secondary N) is 1. The zero-order valence-electron chi connectivity index (χ0n) is 15.6. The lowest BCUT2D eigenvalue weighted by Crippen LogP contribution is -2.40. The Labute approximate surface area is 160 Å². The van der Waals surface area contributed by atoms with Crippen molar-refractivity contribution in [2.75, 3.05) is 32.1 Å². The molecule has 6 nitrogen and oxygen atoms in total. The third-order valence-corrected chi connectivity index (χ3v) is 6.69. The lowest BCUT2D eigenvalue weighted by Gasteiger charge is -2.27. The molecule has 1 atom stereocenters. The summed E-state index contributed by atoms with van der Waals surface area (Å²) in [6.45, 7) is 1.55. The van der Waals surface area contributed by atoms with Crippen molar-refractivity contribution < 1.29 is 13.2 Å². The normalized spacial score (nSPS) is 17.3. The van der Waals surface area contributed by atoms with Crippen LogP contribution in [0.15, 0.2) is 59.5 Å². The molecule has 1 aliphatic rings. The Kier molecular flexibility index (Phi) is 5.82. The zero-order chi connectivity index (χ0) is 19.4. The Bertz CT molecular complexity index is 880. The second-order valence-corrected chi connectivity index (χ2v) is 9.00. The van der Waals surface area contributed by atoms with E-state index in [1.165, 1.54) is 31.9 Å². The number of hydrogen-bond donors (Lipinski definition) is 1. The number of anilines is 1. The molecule has 3 rings (SSSR count). The predicted octanol–water partition coefficient (Wildman–Crippen LogP) is 2.34. The van der Waals surface area contributed by atoms with E-state index < -0.39 is 10.0 Å². The summed E-state index contributed by atoms with van der Waals surface area (Å²) in [6, 6.07) is 16.5. The van der Waals surface area contributed by atoms with E-state index in [9.17, 15) is 13.2 Å². The largest absolute Gasteiger partial charge is 0.367 e. The van der Waals surface area contributed by atoms with Crippen LogP contribution in [0.2, 0.25) is 0 Å². The fourth-order valence-corrected chi connectivity index (χ4v) is 4.21. The minimum Gasteiger partial charge on any atom is -0.367 e. The molecule has 0 aromatic heterocycles. The minimum absolute atomic E-state index is 0.176. The van der Waals surface area contributed by atoms with Gasteiger partial charge >= 0.3 is 0 Å². The maximum absolute atomic E-state index is 12.4. The highest BCUT2D eigenvalue weighted by Gasteiger charge is 2.25. The average Bonchev–Trinajstić information content (AvgIpc) is 3.15. The molecule has 0 spiro atoms. The fraction of sp³-hybridized carbons (Fsp3) is 0.350. The van der Waals surface area contributed by atoms with Crippen LogP contribution in [0.4, 0.5) is 5.69 Å². The first kappa shape index (κ1) is 19.4. The molecule has 27 heavy (non-hydrogen) atoms. The first-order chi connectivity index (χ1) is 12.9. The van der Waals surface area contributed by atoms with E-state index in [0.717, 1.165) is 23.7 Å². The Balaban J connectivity index is 1.62. The topological polar surface area (TPSA) is 69.7 Å². The second kappa shape index (κ2) is 8.10. The van der Waals surface area contributed by atoms with Gasteiger partial charge in [0.05, 0.1) is 4.90 Å². The van der Waals surface area contributed by atoms with Crippen LogP contribution in [0.5, 0.6) is 0 Å². The van der Waals surface area contributed by atoms with Crippen molar-refractivity contribution in [2.45, 2.75) is 23.8 Å². The summed E-state index contributed by atoms with van der Waals surface area (Å²) in [7, 11) is -0.523. The standard InChI is InChI=1S/C20H25N3O3S/c1-22(2)27(25,26)19-12-10-16(11-13-19)20(24)21-15-18-9-6-14-23(18)17-7-4-3-5-8-17/h3-5,7-8,10-13,18H,6,9,14-15H2,1-2H3,(H,21,24). The first-order valence-electron chi connectivity index (χ1n) is 9.02. The van der Waals surface area contributed by atoms with Gasteiger partial charge in [0.25, 0.3) is 5.91 Å². The lowest BCUT2D eigenvalue weighted by molar-refractivity contribution is 0.0951. The van der Waals surface area contributed by atoms with E-state index in [1.54, 1.807) is 12.1 Å². The van der Waals surface area contributed by atoms with Crippen LogP contribution < -0.4 is 10.2 Å². The number of benzene rings is 2. The van der Waals surface area contributed by atoms with Gasteiger partial charge in [-0.15, -0.1) is 0 Å². The van der Waals surface area contributed by atoms with Crippen molar-refractivity contribution >= 4 is 21.6 Å². The highest BCUT2D eigenvalue weighted by Crippen LogP contribution is 2.24. The molecule has 1 aliphatic heterocycles. The van der Waals surface area contributed by atoms with Gasteiger partial charge < -0.3 is 10.2 Å². The van der Waals surface area contributed by atoms with Crippen LogP contribution >= 0.6 is 0 Å². The molecule has 1 unspecified atom stereocenters. The smallest absolute Gasteiger partial charge is 0.251 e. The van der Waals surface area contributed by atoms with E-state index in [-0.39, 0.29) is 16.8 Å². The minimum atomic E-state index is -3.49. The monoisotopic (exact) mass is 387 g/mol. The molecule has 0 saturated carbocycles. The van der Waals surface area contributed by atoms with E-state index in [2.05, 4.69) is 22.3 Å². The van der Waals surface area contributed by atoms with Crippen LogP contribution in [0, 0.1) is 0 Å². The number of para-hydroxylation sites is 1. The molecule has 1 heterocycles. The third kappa shape index (κ3) is 4.31. The molecule has 0 bridgehead atoms. The molecule has 2 aromatic carbocycles. The molecule has 144 valence electrons. The highest BCUT2D eigenvalue weighted by molar-refractivity contribution is 7.89. The van der Waals surface area contributed by atoms with Gasteiger partial charge in [-0.3, -0.25) is 4.79 Å². The summed E-state index contributed by atoms with van der Waals surface area (Å²) < 4.78 is 25.4. The molecular formula is C20H25N3O3S. The third-order valence-electron chi connectivity index (χ3n) is 4.86. The quantitative estimate of drug-likeness (QED) is 0.826. The summed E-state index contributed by atoms with van der Waals surface area (Å²) in [6.07, 6.45) is 2.14. The van der Waals surface area contributed by atoms with Gasteiger partial charge in [-0.2, -0.15) is 0 Å². The summed E-state index contributed by atoms with van der Waals surface area (Å²) in [5, 5.41) is 2.98. The number of hydrogen-bond acceptors (Lipinski definition) is 4. The number of rotatable bonds is 6. The Morgan fingerprint density at radius 2 is 1.78 bits per heavy atom. The van der Waals surface area contributed by atoms with Crippen molar-refractivity contribution in [2.24, 2.45) is 0 Å². The van der Waals surface area contributed by atoms with Gasteiger partial charge in [0, 0.05) is 44.5 Å². The number of nitrogens with zero attached hydrogens (tertiary/aromatic N) is 2. The molecule has 1 fully saturated rings. The lowest BCUT2D eigenvalue weighted by atomic mass is 10.1. The van der Waals surface area contributed by atoms with Crippen molar-refractivity contribution in [3.8, 4) is 0 Å². The van der Waals surface area contributed by atoms with Crippen molar-refractivity contribution in [3.63, 3.8) is 0 Å². The summed E-state index contributed by atoms with van der Waals surface area (Å²) in [4.78, 5) is 15.0. The van der Waals surface area contributed by atoms with E-state index >= 15 is 0 Å². The molecule has 1 saturated heterocycles. The van der Waals surface area contributed by atoms with E-state index in [1.807, 2.05) is 18.2 Å². The maximum Gasteiger partial charge on any atom is 0.251 e. The molecule has 1 N–H and O–H groups in total. The summed E-state index contributed by atoms with van der Waals surface area (Å²) in [5.41, 5.74) is 1.63. The molecular weight excluding hydrogens is 362 g/mol. The highest BCUT2D eigenvalue weighted by atomic mass is 32.2. The van der Waals surface area contributed by atoms with Crippen LogP contribution in [0.1, 0.15) is 23.2 Å². The summed E-state index contributed by atoms with van der Waals surface area (Å²) >= 11 is 0. The molecule has 0 radical (unpaired) electrons. The van der Waals surface area contributed by atoms with E-state index in [0.29, 0.717) is 12.1 Å². The second-order valence-electron chi connectivity index (χ2n) is 6.85. The SMILES string of the molecule is CN(C)S(=O)(=O)c1ccc(C(=O)NCC2CCCN2c2ccccc2)cc1. The predicted molar refractivity (Wildman–Crippen MR) is 106 cm³/mol. The van der Waals surface area contributed by atoms with Gasteiger partial charge in [-0.25, -0.2) is 12.7 Å². The van der Waals surface area contributed by atoms with Gasteiger partial charge in [-0.05, 0) is 49.2 Å². The molecule has 1 amide bonds. The first-order valence-corrected chi connectivity index (χ1v) is 10.5. The number of amides is 1. The fourth-order valence-electron chi connectivity index (χ4n) is 3.31. The molecule has 2 aromatic rings. The van der Waals surface area contributed by atoms with Crippen LogP contribution in [0.3, 0.4) is 0 Å². The van der Waals surface area contributed by atoms with E-state index in [4.69, 9.17) is 0 Å². The average molecular weight is 388 g/mol. The number of carbonyl (C=O) groups is 1. The molecule has 0 aliphatic carbocycles. The van der Waals surface area contributed by atoms with Crippen molar-refractivity contribution in [1.82, 2.24) is 9.62 Å². The number of carbonyl (C=O) groups excluding carboxylic acids is 1. The van der Waals surface area contributed by atoms with Crippen molar-refractivity contribution in [1.29, 1.82) is 0 Å². The Morgan fingerprint density at radius 3 is 2.41 bits per heavy atom. The summed E-state index contributed by atoms with van der Waals surface area (Å²) in [5.74, 6) is -0.191. The van der Waals surface area contributed by atoms with Crippen LogP contribution in [0.25, 0.3) is 0 Å². The van der Waals surface area contributed by atoms with Crippen LogP contribution in [-0.2, 0) is 10.0 Å². The maximum atomic E-state index is 12.4. The molecule has 7 heteroatoms. The van der Waals surface area contributed by atoms with Crippen LogP contribution in [-0.4, -0.2) is 51.9 Å². The van der Waals surface area contributed by atoms with Gasteiger partial charge in [-0.1, -0.05) is 18.2 Å². The van der Waals surface area contributed by atoms with Gasteiger partial charge in [0.2, 0.25) is 10.0 Å². The zero-order valence-corrected chi connectivity index (χ0v) is 16.4. The van der Waals surface area contributed by atoms with Gasteiger partial charge in [0.15, 0.2) is 0 Å². The Hall–Kier alpha value is -2.38. The number of sulfonamides is 1. The Morgan fingerprint density at radius 1 is 1.11 bits per heavy atom. The van der Waals surface area contributed by atoms with Crippen molar-refractivity contribution in [3.05, 3.63) is 60.2 Å². The van der Waals surface area contributed by atoms with Gasteiger partial charge in [0.1, 0.15) is 0 Å².